The predicted molar refractivity (Wildman–Crippen MR) is 51.9 cm³/mol. The van der Waals surface area contributed by atoms with Crippen LogP contribution >= 0.6 is 11.6 Å². The molecule has 0 bridgehead atoms. The van der Waals surface area contributed by atoms with Gasteiger partial charge in [-0.2, -0.15) is 0 Å². The second-order valence-corrected chi connectivity index (χ2v) is 2.89. The normalized spacial score (nSPS) is 9.75. The smallest absolute Gasteiger partial charge is 0.115 e. The first-order chi connectivity index (χ1) is 5.83. The summed E-state index contributed by atoms with van der Waals surface area (Å²) in [6, 6.07) is 6.99. The second-order valence-electron chi connectivity index (χ2n) is 2.52. The molecule has 0 aliphatic rings. The van der Waals surface area contributed by atoms with Crippen LogP contribution in [0, 0.1) is 0 Å². The molecule has 0 aromatic heterocycles. The fourth-order valence-electron chi connectivity index (χ4n) is 0.879. The minimum Gasteiger partial charge on any atom is -0.508 e. The van der Waals surface area contributed by atoms with Crippen molar-refractivity contribution in [3.05, 3.63) is 24.3 Å². The van der Waals surface area contributed by atoms with E-state index in [-0.39, 0.29) is 5.75 Å². The average Bonchev–Trinajstić information content (AvgIpc) is 2.09. The van der Waals surface area contributed by atoms with Gasteiger partial charge in [-0.15, -0.1) is 11.6 Å². The Morgan fingerprint density at radius 1 is 1.25 bits per heavy atom. The Hall–Kier alpha value is -0.890. The number of benzene rings is 1. The van der Waals surface area contributed by atoms with Crippen molar-refractivity contribution < 1.29 is 5.11 Å². The Kier molecular flexibility index (Phi) is 3.74. The van der Waals surface area contributed by atoms with Gasteiger partial charge in [-0.1, -0.05) is 0 Å². The maximum atomic E-state index is 8.98. The molecule has 0 aliphatic heterocycles. The zero-order valence-corrected chi connectivity index (χ0v) is 7.51. The number of hydrogen-bond acceptors (Lipinski definition) is 2. The number of alkyl halides is 1. The lowest BCUT2D eigenvalue weighted by Gasteiger charge is -2.03. The standard InChI is InChI=1S/C9H12ClNO/c10-6-1-7-11-8-2-4-9(12)5-3-8/h2-5,11-12H,1,6-7H2. The number of hydrogen-bond donors (Lipinski definition) is 2. The van der Waals surface area contributed by atoms with Crippen LogP contribution in [0.4, 0.5) is 5.69 Å². The summed E-state index contributed by atoms with van der Waals surface area (Å²) < 4.78 is 0. The molecule has 0 unspecified atom stereocenters. The summed E-state index contributed by atoms with van der Waals surface area (Å²) in [6.45, 7) is 0.869. The van der Waals surface area contributed by atoms with Gasteiger partial charge in [0.05, 0.1) is 0 Å². The zero-order chi connectivity index (χ0) is 8.81. The van der Waals surface area contributed by atoms with Gasteiger partial charge >= 0.3 is 0 Å². The van der Waals surface area contributed by atoms with E-state index < -0.39 is 0 Å². The number of nitrogens with one attached hydrogen (secondary N) is 1. The zero-order valence-electron chi connectivity index (χ0n) is 6.76. The summed E-state index contributed by atoms with van der Waals surface area (Å²) in [5.74, 6) is 0.961. The van der Waals surface area contributed by atoms with Crippen LogP contribution in [0.3, 0.4) is 0 Å². The lowest BCUT2D eigenvalue weighted by molar-refractivity contribution is 0.475. The van der Waals surface area contributed by atoms with Gasteiger partial charge in [-0.25, -0.2) is 0 Å². The molecule has 12 heavy (non-hydrogen) atoms. The van der Waals surface area contributed by atoms with Crippen LogP contribution in [-0.2, 0) is 0 Å². The van der Waals surface area contributed by atoms with Crippen molar-refractivity contribution >= 4 is 17.3 Å². The first kappa shape index (κ1) is 9.20. The Morgan fingerprint density at radius 2 is 1.92 bits per heavy atom. The van der Waals surface area contributed by atoms with E-state index in [9.17, 15) is 0 Å². The van der Waals surface area contributed by atoms with Crippen LogP contribution in [0.25, 0.3) is 0 Å². The Labute approximate surface area is 77.2 Å². The molecular weight excluding hydrogens is 174 g/mol. The molecule has 0 fully saturated rings. The van der Waals surface area contributed by atoms with Crippen molar-refractivity contribution in [1.29, 1.82) is 0 Å². The maximum Gasteiger partial charge on any atom is 0.115 e. The first-order valence-electron chi connectivity index (χ1n) is 3.92. The van der Waals surface area contributed by atoms with E-state index in [1.165, 1.54) is 0 Å². The third-order valence-corrected chi connectivity index (χ3v) is 1.77. The van der Waals surface area contributed by atoms with Gasteiger partial charge in [0.2, 0.25) is 0 Å². The van der Waals surface area contributed by atoms with Crippen LogP contribution in [0.2, 0.25) is 0 Å². The Morgan fingerprint density at radius 3 is 2.50 bits per heavy atom. The summed E-state index contributed by atoms with van der Waals surface area (Å²) in [5.41, 5.74) is 1.01. The topological polar surface area (TPSA) is 32.3 Å². The molecule has 0 saturated carbocycles. The third kappa shape index (κ3) is 3.01. The number of phenols is 1. The molecule has 3 heteroatoms. The van der Waals surface area contributed by atoms with Crippen LogP contribution in [-0.4, -0.2) is 17.5 Å². The summed E-state index contributed by atoms with van der Waals surface area (Å²) in [5, 5.41) is 12.2. The number of rotatable bonds is 4. The van der Waals surface area contributed by atoms with E-state index >= 15 is 0 Å². The molecule has 2 N–H and O–H groups in total. The molecule has 0 heterocycles. The van der Waals surface area contributed by atoms with Crippen molar-refractivity contribution in [2.75, 3.05) is 17.7 Å². The molecule has 1 aromatic carbocycles. The number of halogens is 1. The highest BCUT2D eigenvalue weighted by molar-refractivity contribution is 6.17. The van der Waals surface area contributed by atoms with Gasteiger partial charge in [-0.05, 0) is 30.7 Å². The first-order valence-corrected chi connectivity index (χ1v) is 4.45. The van der Waals surface area contributed by atoms with Gasteiger partial charge < -0.3 is 10.4 Å². The second kappa shape index (κ2) is 4.88. The molecule has 1 rings (SSSR count). The molecule has 0 atom stereocenters. The highest BCUT2D eigenvalue weighted by atomic mass is 35.5. The molecule has 0 amide bonds. The Balaban J connectivity index is 2.37. The van der Waals surface area contributed by atoms with Crippen molar-refractivity contribution in [3.8, 4) is 5.75 Å². The van der Waals surface area contributed by atoms with E-state index in [4.69, 9.17) is 16.7 Å². The highest BCUT2D eigenvalue weighted by Gasteiger charge is 1.90. The SMILES string of the molecule is Oc1ccc(NCCCCl)cc1. The van der Waals surface area contributed by atoms with Crippen molar-refractivity contribution in [2.24, 2.45) is 0 Å². The van der Waals surface area contributed by atoms with E-state index in [1.54, 1.807) is 12.1 Å². The quantitative estimate of drug-likeness (QED) is 0.429. The lowest BCUT2D eigenvalue weighted by atomic mass is 10.3. The molecule has 66 valence electrons. The summed E-state index contributed by atoms with van der Waals surface area (Å²) in [7, 11) is 0. The molecule has 0 aliphatic carbocycles. The van der Waals surface area contributed by atoms with Crippen LogP contribution in [0.15, 0.2) is 24.3 Å². The number of anilines is 1. The van der Waals surface area contributed by atoms with Gasteiger partial charge in [0.15, 0.2) is 0 Å². The van der Waals surface area contributed by atoms with E-state index in [0.29, 0.717) is 5.88 Å². The third-order valence-electron chi connectivity index (χ3n) is 1.51. The summed E-state index contributed by atoms with van der Waals surface area (Å²) >= 11 is 5.51. The fraction of sp³-hybridized carbons (Fsp3) is 0.333. The van der Waals surface area contributed by atoms with Crippen molar-refractivity contribution in [3.63, 3.8) is 0 Å². The minimum absolute atomic E-state index is 0.290. The molecule has 0 spiro atoms. The molecule has 0 saturated heterocycles. The summed E-state index contributed by atoms with van der Waals surface area (Å²) in [6.07, 6.45) is 0.947. The Bertz CT molecular complexity index is 222. The van der Waals surface area contributed by atoms with Gasteiger partial charge in [-0.3, -0.25) is 0 Å². The van der Waals surface area contributed by atoms with Gasteiger partial charge in [0.25, 0.3) is 0 Å². The van der Waals surface area contributed by atoms with Crippen LogP contribution < -0.4 is 5.32 Å². The molecule has 1 aromatic rings. The predicted octanol–water partition coefficient (Wildman–Crippen LogP) is 2.43. The molecular formula is C9H12ClNO. The highest BCUT2D eigenvalue weighted by Crippen LogP contribution is 2.13. The largest absolute Gasteiger partial charge is 0.508 e. The van der Waals surface area contributed by atoms with Crippen LogP contribution in [0.1, 0.15) is 6.42 Å². The van der Waals surface area contributed by atoms with Crippen LogP contribution in [0.5, 0.6) is 5.75 Å². The molecule has 2 nitrogen and oxygen atoms in total. The van der Waals surface area contributed by atoms with Crippen molar-refractivity contribution in [1.82, 2.24) is 0 Å². The van der Waals surface area contributed by atoms with Gasteiger partial charge in [0.1, 0.15) is 5.75 Å². The maximum absolute atomic E-state index is 8.98. The summed E-state index contributed by atoms with van der Waals surface area (Å²) in [4.78, 5) is 0. The van der Waals surface area contributed by atoms with Gasteiger partial charge in [0, 0.05) is 18.1 Å². The molecule has 0 radical (unpaired) electrons. The average molecular weight is 186 g/mol. The monoisotopic (exact) mass is 185 g/mol. The van der Waals surface area contributed by atoms with E-state index in [1.807, 2.05) is 12.1 Å². The minimum atomic E-state index is 0.290. The lowest BCUT2D eigenvalue weighted by Crippen LogP contribution is -2.01. The number of aromatic hydroxyl groups is 1. The van der Waals surface area contributed by atoms with E-state index in [2.05, 4.69) is 5.32 Å². The fourth-order valence-corrected chi connectivity index (χ4v) is 1.01. The van der Waals surface area contributed by atoms with Crippen molar-refractivity contribution in [2.45, 2.75) is 6.42 Å². The number of phenolic OH excluding ortho intramolecular Hbond substituents is 1. The van der Waals surface area contributed by atoms with E-state index in [0.717, 1.165) is 18.7 Å².